The van der Waals surface area contributed by atoms with Crippen molar-refractivity contribution in [2.75, 3.05) is 17.7 Å². The van der Waals surface area contributed by atoms with E-state index in [-0.39, 0.29) is 16.9 Å². The van der Waals surface area contributed by atoms with Crippen molar-refractivity contribution in [1.29, 1.82) is 0 Å². The summed E-state index contributed by atoms with van der Waals surface area (Å²) in [6.45, 7) is 0. The number of aromatic nitrogens is 1. The number of rotatable bonds is 5. The van der Waals surface area contributed by atoms with Crippen LogP contribution >= 0.6 is 12.2 Å². The van der Waals surface area contributed by atoms with E-state index in [4.69, 9.17) is 17.0 Å². The van der Waals surface area contributed by atoms with Crippen molar-refractivity contribution in [3.05, 3.63) is 84.2 Å². The fourth-order valence-corrected chi connectivity index (χ4v) is 2.62. The Hall–Kier alpha value is -3.98. The molecule has 0 aliphatic carbocycles. The lowest BCUT2D eigenvalue weighted by molar-refractivity contribution is 0.0943. The van der Waals surface area contributed by atoms with Crippen LogP contribution < -0.4 is 26.2 Å². The van der Waals surface area contributed by atoms with Crippen molar-refractivity contribution in [3.8, 4) is 5.75 Å². The van der Waals surface area contributed by atoms with Crippen LogP contribution in [0.3, 0.4) is 0 Å². The number of carbonyl (C=O) groups is 2. The molecule has 8 nitrogen and oxygen atoms in total. The quantitative estimate of drug-likeness (QED) is 0.371. The van der Waals surface area contributed by atoms with Crippen LogP contribution in [0.1, 0.15) is 20.7 Å². The first kappa shape index (κ1) is 20.7. The highest BCUT2D eigenvalue weighted by atomic mass is 32.1. The maximum Gasteiger partial charge on any atom is 0.269 e. The minimum atomic E-state index is -0.380. The van der Waals surface area contributed by atoms with Gasteiger partial charge in [0.1, 0.15) is 5.75 Å². The highest BCUT2D eigenvalue weighted by Crippen LogP contribution is 2.16. The first-order valence-corrected chi connectivity index (χ1v) is 9.29. The molecule has 30 heavy (non-hydrogen) atoms. The van der Waals surface area contributed by atoms with Crippen molar-refractivity contribution in [1.82, 2.24) is 15.8 Å². The van der Waals surface area contributed by atoms with Crippen LogP contribution in [0.15, 0.2) is 73.1 Å². The van der Waals surface area contributed by atoms with E-state index < -0.39 is 0 Å². The number of amides is 2. The maximum absolute atomic E-state index is 12.3. The van der Waals surface area contributed by atoms with Gasteiger partial charge in [-0.15, -0.1) is 0 Å². The van der Waals surface area contributed by atoms with Crippen molar-refractivity contribution >= 4 is 40.5 Å². The van der Waals surface area contributed by atoms with Gasteiger partial charge in [0.15, 0.2) is 5.11 Å². The molecule has 0 radical (unpaired) electrons. The van der Waals surface area contributed by atoms with E-state index in [1.165, 1.54) is 6.20 Å². The normalized spacial score (nSPS) is 9.90. The van der Waals surface area contributed by atoms with Gasteiger partial charge in [-0.25, -0.2) is 0 Å². The number of ether oxygens (including phenoxy) is 1. The van der Waals surface area contributed by atoms with Gasteiger partial charge in [-0.3, -0.25) is 25.4 Å². The van der Waals surface area contributed by atoms with E-state index >= 15 is 0 Å². The van der Waals surface area contributed by atoms with Crippen molar-refractivity contribution < 1.29 is 14.3 Å². The molecule has 2 aromatic carbocycles. The largest absolute Gasteiger partial charge is 0.497 e. The molecule has 0 bridgehead atoms. The van der Waals surface area contributed by atoms with Crippen LogP contribution in [0.4, 0.5) is 11.4 Å². The second-order valence-electron chi connectivity index (χ2n) is 6.04. The van der Waals surface area contributed by atoms with Gasteiger partial charge < -0.3 is 15.4 Å². The monoisotopic (exact) mass is 421 g/mol. The number of nitrogens with zero attached hydrogens (tertiary/aromatic N) is 1. The zero-order valence-corrected chi connectivity index (χ0v) is 16.8. The molecule has 0 unspecified atom stereocenters. The summed E-state index contributed by atoms with van der Waals surface area (Å²) < 4.78 is 5.15. The number of benzene rings is 2. The molecule has 1 aromatic heterocycles. The number of hydrogen-bond donors (Lipinski definition) is 4. The zero-order chi connectivity index (χ0) is 21.3. The van der Waals surface area contributed by atoms with Crippen LogP contribution in [-0.4, -0.2) is 29.0 Å². The maximum atomic E-state index is 12.3. The predicted molar refractivity (Wildman–Crippen MR) is 118 cm³/mol. The van der Waals surface area contributed by atoms with Gasteiger partial charge in [0.05, 0.1) is 12.7 Å². The fraction of sp³-hybridized carbons (Fsp3) is 0.0476. The Morgan fingerprint density at radius 2 is 1.67 bits per heavy atom. The molecule has 0 saturated heterocycles. The molecule has 2 amide bonds. The molecule has 0 aliphatic heterocycles. The molecule has 3 aromatic rings. The highest BCUT2D eigenvalue weighted by Gasteiger charge is 2.09. The minimum Gasteiger partial charge on any atom is -0.497 e. The first-order valence-electron chi connectivity index (χ1n) is 8.88. The van der Waals surface area contributed by atoms with Crippen LogP contribution in [0.2, 0.25) is 0 Å². The van der Waals surface area contributed by atoms with Gasteiger partial charge in [-0.1, -0.05) is 6.07 Å². The Kier molecular flexibility index (Phi) is 6.91. The van der Waals surface area contributed by atoms with E-state index in [1.54, 1.807) is 55.8 Å². The van der Waals surface area contributed by atoms with Crippen LogP contribution in [0, 0.1) is 0 Å². The summed E-state index contributed by atoms with van der Waals surface area (Å²) in [7, 11) is 1.57. The van der Waals surface area contributed by atoms with Gasteiger partial charge in [-0.2, -0.15) is 0 Å². The summed E-state index contributed by atoms with van der Waals surface area (Å²) in [4.78, 5) is 28.3. The minimum absolute atomic E-state index is 0.219. The smallest absolute Gasteiger partial charge is 0.269 e. The molecule has 152 valence electrons. The van der Waals surface area contributed by atoms with Gasteiger partial charge in [0.25, 0.3) is 11.8 Å². The Balaban J connectivity index is 1.50. The Bertz CT molecular complexity index is 1040. The van der Waals surface area contributed by atoms with E-state index in [0.717, 1.165) is 5.69 Å². The van der Waals surface area contributed by atoms with Crippen molar-refractivity contribution in [2.24, 2.45) is 0 Å². The summed E-state index contributed by atoms with van der Waals surface area (Å²) in [6, 6.07) is 17.0. The number of hydrogen-bond acceptors (Lipinski definition) is 5. The molecule has 3 rings (SSSR count). The van der Waals surface area contributed by atoms with E-state index in [2.05, 4.69) is 26.5 Å². The third-order valence-electron chi connectivity index (χ3n) is 3.95. The predicted octanol–water partition coefficient (Wildman–Crippen LogP) is 2.97. The number of carbonyl (C=O) groups excluding carboxylic acids is 2. The van der Waals surface area contributed by atoms with Gasteiger partial charge in [0.2, 0.25) is 0 Å². The molecule has 0 atom stereocenters. The Morgan fingerprint density at radius 1 is 0.867 bits per heavy atom. The van der Waals surface area contributed by atoms with E-state index in [9.17, 15) is 9.59 Å². The second kappa shape index (κ2) is 9.99. The molecule has 4 N–H and O–H groups in total. The molecular formula is C21H19N5O3S. The lowest BCUT2D eigenvalue weighted by Gasteiger charge is -2.12. The summed E-state index contributed by atoms with van der Waals surface area (Å²) in [5.74, 6) is 0.0217. The van der Waals surface area contributed by atoms with Gasteiger partial charge in [-0.05, 0) is 60.7 Å². The van der Waals surface area contributed by atoms with Gasteiger partial charge in [0, 0.05) is 35.4 Å². The molecule has 1 heterocycles. The average molecular weight is 421 g/mol. The number of nitrogens with one attached hydrogen (secondary N) is 4. The molecular weight excluding hydrogens is 402 g/mol. The van der Waals surface area contributed by atoms with E-state index in [0.29, 0.717) is 22.6 Å². The fourth-order valence-electron chi connectivity index (χ4n) is 2.45. The number of pyridine rings is 1. The Morgan fingerprint density at radius 3 is 2.37 bits per heavy atom. The zero-order valence-electron chi connectivity index (χ0n) is 16.0. The third kappa shape index (κ3) is 5.76. The molecule has 9 heteroatoms. The topological polar surface area (TPSA) is 104 Å². The number of anilines is 2. The van der Waals surface area contributed by atoms with Crippen molar-refractivity contribution in [2.45, 2.75) is 0 Å². The van der Waals surface area contributed by atoms with E-state index in [1.807, 2.05) is 18.2 Å². The lowest BCUT2D eigenvalue weighted by atomic mass is 10.2. The van der Waals surface area contributed by atoms with Crippen LogP contribution in [0.25, 0.3) is 0 Å². The summed E-state index contributed by atoms with van der Waals surface area (Å²) in [5.41, 5.74) is 7.27. The van der Waals surface area contributed by atoms with Crippen LogP contribution in [0.5, 0.6) is 5.75 Å². The summed E-state index contributed by atoms with van der Waals surface area (Å²) in [5, 5.41) is 5.91. The van der Waals surface area contributed by atoms with Crippen LogP contribution in [-0.2, 0) is 0 Å². The van der Waals surface area contributed by atoms with Crippen molar-refractivity contribution in [3.63, 3.8) is 0 Å². The SMILES string of the molecule is COc1cccc(NC(=S)NNC(=O)c2ccc(NC(=O)c3cccnc3)cc2)c1. The summed E-state index contributed by atoms with van der Waals surface area (Å²) >= 11 is 5.17. The number of methoxy groups -OCH3 is 1. The average Bonchev–Trinajstić information content (AvgIpc) is 2.78. The summed E-state index contributed by atoms with van der Waals surface area (Å²) in [6.07, 6.45) is 3.07. The molecule has 0 saturated carbocycles. The molecule has 0 fully saturated rings. The Labute approximate surface area is 178 Å². The third-order valence-corrected chi connectivity index (χ3v) is 4.15. The second-order valence-corrected chi connectivity index (χ2v) is 6.45. The molecule has 0 aliphatic rings. The lowest BCUT2D eigenvalue weighted by Crippen LogP contribution is -2.43. The van der Waals surface area contributed by atoms with Gasteiger partial charge >= 0.3 is 0 Å². The number of thiocarbonyl (C=S) groups is 1. The highest BCUT2D eigenvalue weighted by molar-refractivity contribution is 7.80. The first-order chi connectivity index (χ1) is 14.5. The molecule has 0 spiro atoms. The number of hydrazine groups is 1. The standard InChI is InChI=1S/C21H19N5O3S/c1-29-18-6-2-5-17(12-18)24-21(30)26-25-20(28)14-7-9-16(10-8-14)23-19(27)15-4-3-11-22-13-15/h2-13H,1H3,(H,23,27)(H,25,28)(H2,24,26,30).